The van der Waals surface area contributed by atoms with Crippen LogP contribution in [0, 0.1) is 5.92 Å². The molecule has 0 fully saturated rings. The maximum atomic E-state index is 11.5. The van der Waals surface area contributed by atoms with Gasteiger partial charge in [0.2, 0.25) is 5.91 Å². The number of halogens is 1. The molecule has 1 aromatic carbocycles. The van der Waals surface area contributed by atoms with E-state index in [2.05, 4.69) is 5.32 Å². The Hall–Kier alpha value is -1.55. The van der Waals surface area contributed by atoms with E-state index in [9.17, 15) is 9.59 Å². The number of anilines is 1. The van der Waals surface area contributed by atoms with Crippen molar-refractivity contribution in [3.8, 4) is 0 Å². The number of carboxylic acid groups (broad SMARTS) is 1. The van der Waals surface area contributed by atoms with Crippen molar-refractivity contribution in [2.75, 3.05) is 11.2 Å². The highest BCUT2D eigenvalue weighted by Gasteiger charge is 2.15. The molecule has 1 atom stereocenters. The standard InChI is InChI=1S/C11H12ClNO3/c1-7(6-12)10(14)13-9-5-3-2-4-8(9)11(15)16/h2-5,7H,6H2,1H3,(H,13,14)(H,15,16). The van der Waals surface area contributed by atoms with Crippen molar-refractivity contribution in [3.63, 3.8) is 0 Å². The van der Waals surface area contributed by atoms with Crippen LogP contribution in [0.25, 0.3) is 0 Å². The van der Waals surface area contributed by atoms with Crippen LogP contribution in [0.5, 0.6) is 0 Å². The molecule has 0 aromatic heterocycles. The Morgan fingerprint density at radius 2 is 2.06 bits per heavy atom. The number of amides is 1. The quantitative estimate of drug-likeness (QED) is 0.795. The lowest BCUT2D eigenvalue weighted by Gasteiger charge is -2.11. The van der Waals surface area contributed by atoms with Crippen LogP contribution < -0.4 is 5.32 Å². The fourth-order valence-electron chi connectivity index (χ4n) is 1.10. The van der Waals surface area contributed by atoms with Crippen LogP contribution in [0.4, 0.5) is 5.69 Å². The molecular formula is C11H12ClNO3. The molecule has 4 nitrogen and oxygen atoms in total. The van der Waals surface area contributed by atoms with Crippen molar-refractivity contribution in [2.45, 2.75) is 6.92 Å². The SMILES string of the molecule is CC(CCl)C(=O)Nc1ccccc1C(=O)O. The van der Waals surface area contributed by atoms with Crippen LogP contribution in [-0.4, -0.2) is 22.9 Å². The van der Waals surface area contributed by atoms with Crippen molar-refractivity contribution >= 4 is 29.2 Å². The Bertz CT molecular complexity index is 406. The number of alkyl halides is 1. The van der Waals surface area contributed by atoms with Gasteiger partial charge in [0.1, 0.15) is 0 Å². The third-order valence-corrected chi connectivity index (χ3v) is 2.56. The number of hydrogen-bond acceptors (Lipinski definition) is 2. The van der Waals surface area contributed by atoms with Crippen molar-refractivity contribution in [1.82, 2.24) is 0 Å². The van der Waals surface area contributed by atoms with Gasteiger partial charge in [0.05, 0.1) is 11.3 Å². The molecule has 16 heavy (non-hydrogen) atoms. The molecule has 0 heterocycles. The van der Waals surface area contributed by atoms with Gasteiger partial charge in [-0.2, -0.15) is 0 Å². The van der Waals surface area contributed by atoms with Gasteiger partial charge < -0.3 is 10.4 Å². The summed E-state index contributed by atoms with van der Waals surface area (Å²) in [5.41, 5.74) is 0.356. The van der Waals surface area contributed by atoms with E-state index in [0.717, 1.165) is 0 Å². The summed E-state index contributed by atoms with van der Waals surface area (Å²) in [5.74, 6) is -1.53. The lowest BCUT2D eigenvalue weighted by Crippen LogP contribution is -2.22. The van der Waals surface area contributed by atoms with E-state index >= 15 is 0 Å². The van der Waals surface area contributed by atoms with Crippen LogP contribution in [0.3, 0.4) is 0 Å². The zero-order valence-corrected chi connectivity index (χ0v) is 9.49. The minimum atomic E-state index is -1.07. The number of carbonyl (C=O) groups excluding carboxylic acids is 1. The molecule has 0 radical (unpaired) electrons. The molecule has 1 rings (SSSR count). The molecule has 0 aliphatic carbocycles. The van der Waals surface area contributed by atoms with Crippen LogP contribution in [0.2, 0.25) is 0 Å². The number of benzene rings is 1. The monoisotopic (exact) mass is 241 g/mol. The Kier molecular flexibility index (Phi) is 4.31. The van der Waals surface area contributed by atoms with Crippen molar-refractivity contribution < 1.29 is 14.7 Å². The van der Waals surface area contributed by atoms with E-state index in [1.54, 1.807) is 25.1 Å². The van der Waals surface area contributed by atoms with E-state index in [1.807, 2.05) is 0 Å². The fourth-order valence-corrected chi connectivity index (χ4v) is 1.24. The summed E-state index contributed by atoms with van der Waals surface area (Å²) < 4.78 is 0. The molecule has 0 bridgehead atoms. The van der Waals surface area contributed by atoms with E-state index in [-0.39, 0.29) is 29.0 Å². The Morgan fingerprint density at radius 3 is 2.62 bits per heavy atom. The summed E-state index contributed by atoms with van der Waals surface area (Å²) >= 11 is 5.54. The summed E-state index contributed by atoms with van der Waals surface area (Å²) in [6, 6.07) is 6.24. The van der Waals surface area contributed by atoms with Gasteiger partial charge in [0.15, 0.2) is 0 Å². The number of nitrogens with one attached hydrogen (secondary N) is 1. The van der Waals surface area contributed by atoms with Crippen LogP contribution in [0.1, 0.15) is 17.3 Å². The Morgan fingerprint density at radius 1 is 1.44 bits per heavy atom. The molecule has 0 aliphatic heterocycles. The number of aromatic carboxylic acids is 1. The van der Waals surface area contributed by atoms with Gasteiger partial charge in [-0.25, -0.2) is 4.79 Å². The zero-order chi connectivity index (χ0) is 12.1. The third kappa shape index (κ3) is 2.97. The van der Waals surface area contributed by atoms with E-state index in [1.165, 1.54) is 6.07 Å². The van der Waals surface area contributed by atoms with Crippen LogP contribution in [-0.2, 0) is 4.79 Å². The highest BCUT2D eigenvalue weighted by Crippen LogP contribution is 2.16. The van der Waals surface area contributed by atoms with Gasteiger partial charge in [-0.1, -0.05) is 19.1 Å². The maximum absolute atomic E-state index is 11.5. The maximum Gasteiger partial charge on any atom is 0.337 e. The normalized spacial score (nSPS) is 11.9. The lowest BCUT2D eigenvalue weighted by atomic mass is 10.1. The zero-order valence-electron chi connectivity index (χ0n) is 8.74. The highest BCUT2D eigenvalue weighted by atomic mass is 35.5. The second-order valence-corrected chi connectivity index (χ2v) is 3.70. The molecule has 0 aliphatic rings. The largest absolute Gasteiger partial charge is 0.478 e. The summed E-state index contributed by atoms with van der Waals surface area (Å²) in [5, 5.41) is 11.4. The highest BCUT2D eigenvalue weighted by molar-refractivity contribution is 6.19. The molecule has 2 N–H and O–H groups in total. The van der Waals surface area contributed by atoms with Gasteiger partial charge in [-0.05, 0) is 12.1 Å². The molecule has 1 aromatic rings. The van der Waals surface area contributed by atoms with E-state index < -0.39 is 5.97 Å². The second kappa shape index (κ2) is 5.51. The van der Waals surface area contributed by atoms with Gasteiger partial charge >= 0.3 is 5.97 Å². The molecule has 0 saturated carbocycles. The molecule has 0 spiro atoms. The van der Waals surface area contributed by atoms with E-state index in [0.29, 0.717) is 0 Å². The van der Waals surface area contributed by atoms with Gasteiger partial charge in [0.25, 0.3) is 0 Å². The van der Waals surface area contributed by atoms with Gasteiger partial charge in [-0.15, -0.1) is 11.6 Å². The molecule has 5 heteroatoms. The van der Waals surface area contributed by atoms with E-state index in [4.69, 9.17) is 16.7 Å². The number of carboxylic acids is 1. The predicted molar refractivity (Wildman–Crippen MR) is 61.9 cm³/mol. The first-order valence-corrected chi connectivity index (χ1v) is 5.29. The van der Waals surface area contributed by atoms with Crippen molar-refractivity contribution in [1.29, 1.82) is 0 Å². The average molecular weight is 242 g/mol. The Labute approximate surface area is 98.2 Å². The third-order valence-electron chi connectivity index (χ3n) is 2.09. The first-order chi connectivity index (χ1) is 7.56. The summed E-state index contributed by atoms with van der Waals surface area (Å²) in [6.07, 6.45) is 0. The van der Waals surface area contributed by atoms with Gasteiger partial charge in [0, 0.05) is 11.8 Å². The minimum Gasteiger partial charge on any atom is -0.478 e. The minimum absolute atomic E-state index is 0.0672. The van der Waals surface area contributed by atoms with Gasteiger partial charge in [-0.3, -0.25) is 4.79 Å². The average Bonchev–Trinajstić information content (AvgIpc) is 2.28. The molecule has 86 valence electrons. The summed E-state index contributed by atoms with van der Waals surface area (Å²) in [7, 11) is 0. The number of rotatable bonds is 4. The van der Waals surface area contributed by atoms with Crippen LogP contribution in [0.15, 0.2) is 24.3 Å². The second-order valence-electron chi connectivity index (χ2n) is 3.40. The lowest BCUT2D eigenvalue weighted by molar-refractivity contribution is -0.118. The Balaban J connectivity index is 2.89. The number of carbonyl (C=O) groups is 2. The molecule has 0 saturated heterocycles. The molecule has 1 unspecified atom stereocenters. The van der Waals surface area contributed by atoms with Crippen LogP contribution >= 0.6 is 11.6 Å². The molecular weight excluding hydrogens is 230 g/mol. The topological polar surface area (TPSA) is 66.4 Å². The number of para-hydroxylation sites is 1. The number of hydrogen-bond donors (Lipinski definition) is 2. The summed E-state index contributed by atoms with van der Waals surface area (Å²) in [4.78, 5) is 22.4. The first-order valence-electron chi connectivity index (χ1n) is 4.75. The van der Waals surface area contributed by atoms with Crippen molar-refractivity contribution in [3.05, 3.63) is 29.8 Å². The predicted octanol–water partition coefficient (Wildman–Crippen LogP) is 2.20. The molecule has 1 amide bonds. The summed E-state index contributed by atoms with van der Waals surface area (Å²) in [6.45, 7) is 1.67. The first kappa shape index (κ1) is 12.5. The van der Waals surface area contributed by atoms with Crippen molar-refractivity contribution in [2.24, 2.45) is 5.92 Å². The fraction of sp³-hybridized carbons (Fsp3) is 0.273. The smallest absolute Gasteiger partial charge is 0.337 e.